The first-order valence-electron chi connectivity index (χ1n) is 7.71. The predicted octanol–water partition coefficient (Wildman–Crippen LogP) is 2.98. The van der Waals surface area contributed by atoms with E-state index in [9.17, 15) is 9.59 Å². The lowest BCUT2D eigenvalue weighted by Gasteiger charge is -2.06. The highest BCUT2D eigenvalue weighted by Gasteiger charge is 2.13. The molecule has 2 heterocycles. The predicted molar refractivity (Wildman–Crippen MR) is 92.7 cm³/mol. The number of methoxy groups -OCH3 is 1. The summed E-state index contributed by atoms with van der Waals surface area (Å²) in [5.41, 5.74) is 2.55. The maximum atomic E-state index is 12.7. The molecule has 0 saturated carbocycles. The molecule has 25 heavy (non-hydrogen) atoms. The topological polar surface area (TPSA) is 74.3 Å². The molecule has 0 spiro atoms. The van der Waals surface area contributed by atoms with Crippen LogP contribution in [0.25, 0.3) is 22.1 Å². The van der Waals surface area contributed by atoms with Gasteiger partial charge in [0.1, 0.15) is 11.1 Å². The molecule has 6 nitrogen and oxygen atoms in total. The zero-order valence-corrected chi connectivity index (χ0v) is 13.4. The van der Waals surface area contributed by atoms with Gasteiger partial charge in [-0.1, -0.05) is 24.3 Å². The van der Waals surface area contributed by atoms with Gasteiger partial charge in [0.15, 0.2) is 0 Å². The summed E-state index contributed by atoms with van der Waals surface area (Å²) in [6, 6.07) is 14.3. The minimum absolute atomic E-state index is 0.238. The first-order chi connectivity index (χ1) is 12.2. The number of carbonyl (C=O) groups is 1. The summed E-state index contributed by atoms with van der Waals surface area (Å²) in [6.07, 6.45) is 1.51. The van der Waals surface area contributed by atoms with Crippen LogP contribution in [0.5, 0.6) is 0 Å². The second-order valence-electron chi connectivity index (χ2n) is 5.64. The maximum absolute atomic E-state index is 12.7. The van der Waals surface area contributed by atoms with Crippen LogP contribution in [0.3, 0.4) is 0 Å². The van der Waals surface area contributed by atoms with E-state index in [1.807, 2.05) is 24.3 Å². The Balaban J connectivity index is 1.72. The standard InChI is InChI=1S/C19H14N2O4/c1-24-19(23)13-8-6-12(7-9-13)10-21-11-20-16-14-4-2-3-5-15(14)25-17(16)18(21)22/h2-9,11H,10H2,1H3. The molecule has 6 heteroatoms. The number of benzene rings is 2. The average Bonchev–Trinajstić information content (AvgIpc) is 3.03. The largest absolute Gasteiger partial charge is 0.465 e. The van der Waals surface area contributed by atoms with Gasteiger partial charge in [-0.05, 0) is 29.8 Å². The molecule has 4 aromatic rings. The normalized spacial score (nSPS) is 11.1. The van der Waals surface area contributed by atoms with Gasteiger partial charge in [-0.25, -0.2) is 9.78 Å². The van der Waals surface area contributed by atoms with Gasteiger partial charge in [-0.3, -0.25) is 9.36 Å². The molecule has 0 aliphatic rings. The summed E-state index contributed by atoms with van der Waals surface area (Å²) >= 11 is 0. The minimum Gasteiger partial charge on any atom is -0.465 e. The lowest BCUT2D eigenvalue weighted by molar-refractivity contribution is 0.0600. The Morgan fingerprint density at radius 1 is 1.16 bits per heavy atom. The van der Waals surface area contributed by atoms with Crippen LogP contribution in [0.1, 0.15) is 15.9 Å². The van der Waals surface area contributed by atoms with Gasteiger partial charge >= 0.3 is 5.97 Å². The molecule has 0 saturated heterocycles. The van der Waals surface area contributed by atoms with Crippen LogP contribution < -0.4 is 5.56 Å². The number of furan rings is 1. The number of hydrogen-bond acceptors (Lipinski definition) is 5. The molecule has 0 atom stereocenters. The molecule has 4 rings (SSSR count). The molecule has 0 fully saturated rings. The number of carbonyl (C=O) groups excluding carboxylic acids is 1. The van der Waals surface area contributed by atoms with Crippen LogP contribution >= 0.6 is 0 Å². The number of rotatable bonds is 3. The van der Waals surface area contributed by atoms with Crippen molar-refractivity contribution in [1.29, 1.82) is 0 Å². The number of ether oxygens (including phenoxy) is 1. The molecule has 0 aliphatic carbocycles. The Labute approximate surface area is 142 Å². The highest BCUT2D eigenvalue weighted by atomic mass is 16.5. The van der Waals surface area contributed by atoms with E-state index in [4.69, 9.17) is 4.42 Å². The number of esters is 1. The van der Waals surface area contributed by atoms with Crippen molar-refractivity contribution in [2.45, 2.75) is 6.54 Å². The van der Waals surface area contributed by atoms with Gasteiger partial charge in [0.2, 0.25) is 5.58 Å². The molecule has 0 bridgehead atoms. The molecule has 2 aromatic carbocycles. The van der Waals surface area contributed by atoms with Gasteiger partial charge in [0.05, 0.1) is 25.5 Å². The zero-order chi connectivity index (χ0) is 17.4. The molecule has 0 aliphatic heterocycles. The second kappa shape index (κ2) is 5.90. The fourth-order valence-corrected chi connectivity index (χ4v) is 2.79. The zero-order valence-electron chi connectivity index (χ0n) is 13.4. The fraction of sp³-hybridized carbons (Fsp3) is 0.105. The van der Waals surface area contributed by atoms with Crippen molar-refractivity contribution in [3.8, 4) is 0 Å². The molecule has 0 amide bonds. The number of para-hydroxylation sites is 1. The number of aromatic nitrogens is 2. The van der Waals surface area contributed by atoms with Gasteiger partial charge in [0.25, 0.3) is 5.56 Å². The lowest BCUT2D eigenvalue weighted by atomic mass is 10.1. The van der Waals surface area contributed by atoms with E-state index in [-0.39, 0.29) is 11.1 Å². The SMILES string of the molecule is COC(=O)c1ccc(Cn2cnc3c(oc4ccccc43)c2=O)cc1. The van der Waals surface area contributed by atoms with Crippen molar-refractivity contribution in [1.82, 2.24) is 9.55 Å². The van der Waals surface area contributed by atoms with Crippen LogP contribution in [0.4, 0.5) is 0 Å². The fourth-order valence-electron chi connectivity index (χ4n) is 2.79. The summed E-state index contributed by atoms with van der Waals surface area (Å²) in [4.78, 5) is 28.5. The van der Waals surface area contributed by atoms with E-state index in [1.165, 1.54) is 18.0 Å². The second-order valence-corrected chi connectivity index (χ2v) is 5.64. The molecule has 2 aromatic heterocycles. The molecule has 124 valence electrons. The Kier molecular flexibility index (Phi) is 3.57. The third kappa shape index (κ3) is 2.57. The Morgan fingerprint density at radius 3 is 2.68 bits per heavy atom. The van der Waals surface area contributed by atoms with E-state index in [1.54, 1.807) is 24.3 Å². The minimum atomic E-state index is -0.394. The Hall–Kier alpha value is -3.41. The summed E-state index contributed by atoms with van der Waals surface area (Å²) in [6.45, 7) is 0.334. The van der Waals surface area contributed by atoms with Crippen molar-refractivity contribution in [3.05, 3.63) is 76.3 Å². The van der Waals surface area contributed by atoms with E-state index in [2.05, 4.69) is 9.72 Å². The van der Waals surface area contributed by atoms with Crippen molar-refractivity contribution >= 4 is 28.0 Å². The van der Waals surface area contributed by atoms with Gasteiger partial charge in [-0.15, -0.1) is 0 Å². The van der Waals surface area contributed by atoms with Gasteiger partial charge in [-0.2, -0.15) is 0 Å². The summed E-state index contributed by atoms with van der Waals surface area (Å²) in [5.74, 6) is -0.394. The maximum Gasteiger partial charge on any atom is 0.337 e. The lowest BCUT2D eigenvalue weighted by Crippen LogP contribution is -2.20. The van der Waals surface area contributed by atoms with Gasteiger partial charge in [0, 0.05) is 5.39 Å². The first-order valence-corrected chi connectivity index (χ1v) is 7.71. The van der Waals surface area contributed by atoms with E-state index >= 15 is 0 Å². The van der Waals surface area contributed by atoms with Crippen LogP contribution in [0.15, 0.2) is 64.1 Å². The third-order valence-corrected chi connectivity index (χ3v) is 4.08. The van der Waals surface area contributed by atoms with Gasteiger partial charge < -0.3 is 9.15 Å². The van der Waals surface area contributed by atoms with E-state index in [0.29, 0.717) is 23.2 Å². The van der Waals surface area contributed by atoms with Crippen molar-refractivity contribution in [2.75, 3.05) is 7.11 Å². The highest BCUT2D eigenvalue weighted by molar-refractivity contribution is 6.01. The number of hydrogen-bond donors (Lipinski definition) is 0. The number of nitrogens with zero attached hydrogens (tertiary/aromatic N) is 2. The van der Waals surface area contributed by atoms with Crippen LogP contribution in [0.2, 0.25) is 0 Å². The van der Waals surface area contributed by atoms with Crippen molar-refractivity contribution in [2.24, 2.45) is 0 Å². The quantitative estimate of drug-likeness (QED) is 0.539. The van der Waals surface area contributed by atoms with Crippen LogP contribution in [-0.4, -0.2) is 22.6 Å². The molecule has 0 N–H and O–H groups in total. The molecule has 0 radical (unpaired) electrons. The third-order valence-electron chi connectivity index (χ3n) is 4.08. The van der Waals surface area contributed by atoms with Crippen molar-refractivity contribution < 1.29 is 13.9 Å². The highest BCUT2D eigenvalue weighted by Crippen LogP contribution is 2.24. The first kappa shape index (κ1) is 15.1. The average molecular weight is 334 g/mol. The summed E-state index contributed by atoms with van der Waals surface area (Å²) < 4.78 is 11.8. The molecule has 0 unspecified atom stereocenters. The van der Waals surface area contributed by atoms with E-state index < -0.39 is 5.97 Å². The number of fused-ring (bicyclic) bond motifs is 3. The molecular weight excluding hydrogens is 320 g/mol. The van der Waals surface area contributed by atoms with E-state index in [0.717, 1.165) is 10.9 Å². The monoisotopic (exact) mass is 334 g/mol. The van der Waals surface area contributed by atoms with Crippen LogP contribution in [-0.2, 0) is 11.3 Å². The Bertz CT molecular complexity index is 1140. The molecular formula is C19H14N2O4. The summed E-state index contributed by atoms with van der Waals surface area (Å²) in [5, 5.41) is 0.823. The Morgan fingerprint density at radius 2 is 1.92 bits per heavy atom. The van der Waals surface area contributed by atoms with Crippen molar-refractivity contribution in [3.63, 3.8) is 0 Å². The summed E-state index contributed by atoms with van der Waals surface area (Å²) in [7, 11) is 1.34. The van der Waals surface area contributed by atoms with Crippen LogP contribution in [0, 0.1) is 0 Å². The smallest absolute Gasteiger partial charge is 0.337 e.